The number of halogens is 1. The molecule has 2 aromatic rings. The molecule has 4 nitrogen and oxygen atoms in total. The van der Waals surface area contributed by atoms with E-state index in [0.29, 0.717) is 11.4 Å². The van der Waals surface area contributed by atoms with Gasteiger partial charge in [0.2, 0.25) is 0 Å². The average Bonchev–Trinajstić information content (AvgIpc) is 2.47. The molecule has 5 heteroatoms. The zero-order chi connectivity index (χ0) is 15.1. The van der Waals surface area contributed by atoms with E-state index in [2.05, 4.69) is 22.2 Å². The van der Waals surface area contributed by atoms with E-state index in [9.17, 15) is 4.39 Å². The summed E-state index contributed by atoms with van der Waals surface area (Å²) in [7, 11) is 0. The molecule has 0 radical (unpaired) electrons. The first-order chi connectivity index (χ1) is 10.2. The van der Waals surface area contributed by atoms with Crippen molar-refractivity contribution < 1.29 is 9.13 Å². The van der Waals surface area contributed by atoms with Gasteiger partial charge in [-0.05, 0) is 19.4 Å². The molecule has 1 heterocycles. The van der Waals surface area contributed by atoms with E-state index in [1.807, 2.05) is 13.0 Å². The SMILES string of the molecule is CCCNc1cc(C)nc(COCc2ccccc2F)n1. The number of hydrogen-bond acceptors (Lipinski definition) is 4. The Balaban J connectivity index is 1.93. The standard InChI is InChI=1S/C16H20FN3O/c1-3-8-18-15-9-12(2)19-16(20-15)11-21-10-13-6-4-5-7-14(13)17/h4-7,9H,3,8,10-11H2,1-2H3,(H,18,19,20). The molecule has 0 atom stereocenters. The highest BCUT2D eigenvalue weighted by Crippen LogP contribution is 2.10. The van der Waals surface area contributed by atoms with Crippen LogP contribution in [0.3, 0.4) is 0 Å². The molecular formula is C16H20FN3O. The molecule has 0 spiro atoms. The third-order valence-electron chi connectivity index (χ3n) is 2.90. The Kier molecular flexibility index (Phi) is 5.63. The Morgan fingerprint density at radius 2 is 2.00 bits per heavy atom. The Labute approximate surface area is 124 Å². The van der Waals surface area contributed by atoms with Gasteiger partial charge in [0.05, 0.1) is 6.61 Å². The summed E-state index contributed by atoms with van der Waals surface area (Å²) in [5.41, 5.74) is 1.42. The van der Waals surface area contributed by atoms with Crippen molar-refractivity contribution in [3.8, 4) is 0 Å². The molecule has 0 unspecified atom stereocenters. The fourth-order valence-corrected chi connectivity index (χ4v) is 1.91. The van der Waals surface area contributed by atoms with Gasteiger partial charge in [0.25, 0.3) is 0 Å². The Morgan fingerprint density at radius 3 is 2.76 bits per heavy atom. The summed E-state index contributed by atoms with van der Waals surface area (Å²) >= 11 is 0. The number of nitrogens with one attached hydrogen (secondary N) is 1. The van der Waals surface area contributed by atoms with E-state index in [1.54, 1.807) is 18.2 Å². The number of nitrogens with zero attached hydrogens (tertiary/aromatic N) is 2. The highest BCUT2D eigenvalue weighted by atomic mass is 19.1. The van der Waals surface area contributed by atoms with Gasteiger partial charge in [0.1, 0.15) is 18.2 Å². The van der Waals surface area contributed by atoms with E-state index >= 15 is 0 Å². The number of hydrogen-bond donors (Lipinski definition) is 1. The normalized spacial score (nSPS) is 10.6. The topological polar surface area (TPSA) is 47.0 Å². The molecule has 2 rings (SSSR count). The molecule has 1 aromatic heterocycles. The molecule has 0 amide bonds. The fraction of sp³-hybridized carbons (Fsp3) is 0.375. The van der Waals surface area contributed by atoms with Gasteiger partial charge in [-0.3, -0.25) is 0 Å². The highest BCUT2D eigenvalue weighted by Gasteiger charge is 2.04. The number of ether oxygens (including phenoxy) is 1. The van der Waals surface area contributed by atoms with Gasteiger partial charge >= 0.3 is 0 Å². The molecule has 0 fully saturated rings. The zero-order valence-corrected chi connectivity index (χ0v) is 12.4. The summed E-state index contributed by atoms with van der Waals surface area (Å²) in [4.78, 5) is 8.71. The minimum atomic E-state index is -0.257. The van der Waals surface area contributed by atoms with Crippen LogP contribution in [0.25, 0.3) is 0 Å². The molecule has 0 aliphatic rings. The van der Waals surface area contributed by atoms with Crippen molar-refractivity contribution in [1.29, 1.82) is 0 Å². The molecule has 0 bridgehead atoms. The molecule has 21 heavy (non-hydrogen) atoms. The summed E-state index contributed by atoms with van der Waals surface area (Å²) in [6.07, 6.45) is 1.03. The third kappa shape index (κ3) is 4.79. The predicted molar refractivity (Wildman–Crippen MR) is 80.4 cm³/mol. The predicted octanol–water partition coefficient (Wildman–Crippen LogP) is 3.46. The molecule has 0 aliphatic carbocycles. The second kappa shape index (κ2) is 7.69. The van der Waals surface area contributed by atoms with Crippen LogP contribution in [0.5, 0.6) is 0 Å². The Morgan fingerprint density at radius 1 is 1.19 bits per heavy atom. The van der Waals surface area contributed by atoms with Crippen LogP contribution >= 0.6 is 0 Å². The van der Waals surface area contributed by atoms with Crippen molar-refractivity contribution >= 4 is 5.82 Å². The summed E-state index contributed by atoms with van der Waals surface area (Å²) in [5, 5.41) is 3.23. The molecule has 1 N–H and O–H groups in total. The number of aromatic nitrogens is 2. The van der Waals surface area contributed by atoms with E-state index < -0.39 is 0 Å². The van der Waals surface area contributed by atoms with Crippen molar-refractivity contribution in [2.24, 2.45) is 0 Å². The van der Waals surface area contributed by atoms with E-state index in [0.717, 1.165) is 24.5 Å². The molecule has 1 aromatic carbocycles. The number of rotatable bonds is 7. The lowest BCUT2D eigenvalue weighted by Crippen LogP contribution is -2.07. The van der Waals surface area contributed by atoms with Gasteiger partial charge in [-0.2, -0.15) is 0 Å². The molecule has 0 saturated carbocycles. The van der Waals surface area contributed by atoms with Crippen LogP contribution in [-0.4, -0.2) is 16.5 Å². The second-order valence-electron chi connectivity index (χ2n) is 4.82. The fourth-order valence-electron chi connectivity index (χ4n) is 1.91. The molecule has 112 valence electrons. The first-order valence-corrected chi connectivity index (χ1v) is 7.08. The summed E-state index contributed by atoms with van der Waals surface area (Å²) in [5.74, 6) is 1.15. The largest absolute Gasteiger partial charge is 0.370 e. The van der Waals surface area contributed by atoms with Crippen LogP contribution in [0.4, 0.5) is 10.2 Å². The Bertz CT molecular complexity index is 589. The van der Waals surface area contributed by atoms with Gasteiger partial charge in [0.15, 0.2) is 5.82 Å². The van der Waals surface area contributed by atoms with Crippen molar-refractivity contribution in [2.75, 3.05) is 11.9 Å². The van der Waals surface area contributed by atoms with E-state index in [1.165, 1.54) is 6.07 Å². The number of aryl methyl sites for hydroxylation is 1. The zero-order valence-electron chi connectivity index (χ0n) is 12.4. The van der Waals surface area contributed by atoms with Crippen LogP contribution in [0, 0.1) is 12.7 Å². The van der Waals surface area contributed by atoms with Gasteiger partial charge in [-0.1, -0.05) is 25.1 Å². The monoisotopic (exact) mass is 289 g/mol. The van der Waals surface area contributed by atoms with Crippen LogP contribution in [0.1, 0.15) is 30.4 Å². The molecule has 0 aliphatic heterocycles. The minimum absolute atomic E-state index is 0.210. The quantitative estimate of drug-likeness (QED) is 0.848. The van der Waals surface area contributed by atoms with Crippen molar-refractivity contribution in [3.63, 3.8) is 0 Å². The smallest absolute Gasteiger partial charge is 0.156 e. The lowest BCUT2D eigenvalue weighted by molar-refractivity contribution is 0.0994. The summed E-state index contributed by atoms with van der Waals surface area (Å²) in [6, 6.07) is 8.48. The average molecular weight is 289 g/mol. The molecular weight excluding hydrogens is 269 g/mol. The first-order valence-electron chi connectivity index (χ1n) is 7.08. The van der Waals surface area contributed by atoms with Crippen molar-refractivity contribution in [2.45, 2.75) is 33.5 Å². The molecule has 0 saturated heterocycles. The number of benzene rings is 1. The van der Waals surface area contributed by atoms with Gasteiger partial charge in [0, 0.05) is 23.9 Å². The summed E-state index contributed by atoms with van der Waals surface area (Å²) < 4.78 is 19.0. The maximum absolute atomic E-state index is 13.5. The van der Waals surface area contributed by atoms with Crippen LogP contribution in [-0.2, 0) is 18.0 Å². The van der Waals surface area contributed by atoms with Gasteiger partial charge < -0.3 is 10.1 Å². The Hall–Kier alpha value is -2.01. The highest BCUT2D eigenvalue weighted by molar-refractivity contribution is 5.35. The lowest BCUT2D eigenvalue weighted by Gasteiger charge is -2.08. The first kappa shape index (κ1) is 15.4. The number of anilines is 1. The summed E-state index contributed by atoms with van der Waals surface area (Å²) in [6.45, 7) is 5.35. The van der Waals surface area contributed by atoms with Crippen LogP contribution in [0.2, 0.25) is 0 Å². The second-order valence-corrected chi connectivity index (χ2v) is 4.82. The lowest BCUT2D eigenvalue weighted by atomic mass is 10.2. The maximum Gasteiger partial charge on any atom is 0.156 e. The third-order valence-corrected chi connectivity index (χ3v) is 2.90. The minimum Gasteiger partial charge on any atom is -0.370 e. The van der Waals surface area contributed by atoms with Crippen molar-refractivity contribution in [1.82, 2.24) is 9.97 Å². The maximum atomic E-state index is 13.5. The van der Waals surface area contributed by atoms with Crippen molar-refractivity contribution in [3.05, 3.63) is 53.2 Å². The van der Waals surface area contributed by atoms with Gasteiger partial charge in [-0.15, -0.1) is 0 Å². The van der Waals surface area contributed by atoms with E-state index in [4.69, 9.17) is 4.74 Å². The van der Waals surface area contributed by atoms with Gasteiger partial charge in [-0.25, -0.2) is 14.4 Å². The van der Waals surface area contributed by atoms with E-state index in [-0.39, 0.29) is 19.0 Å². The van der Waals surface area contributed by atoms with Crippen LogP contribution < -0.4 is 5.32 Å². The van der Waals surface area contributed by atoms with Crippen LogP contribution in [0.15, 0.2) is 30.3 Å².